The Labute approximate surface area is 179 Å². The lowest BCUT2D eigenvalue weighted by Gasteiger charge is -2.09. The van der Waals surface area contributed by atoms with Gasteiger partial charge in [0.1, 0.15) is 22.3 Å². The zero-order valence-corrected chi connectivity index (χ0v) is 17.1. The minimum atomic E-state index is -0.823. The molecule has 0 fully saturated rings. The molecule has 2 aromatic carbocycles. The molecule has 4 rings (SSSR count). The van der Waals surface area contributed by atoms with E-state index >= 15 is 0 Å². The van der Waals surface area contributed by atoms with Crippen molar-refractivity contribution in [2.24, 2.45) is 5.73 Å². The molecule has 2 amide bonds. The van der Waals surface area contributed by atoms with E-state index < -0.39 is 17.6 Å². The Morgan fingerprint density at radius 2 is 1.74 bits per heavy atom. The first-order valence-electron chi connectivity index (χ1n) is 9.22. The number of halogens is 2. The molecule has 156 valence electrons. The Morgan fingerprint density at radius 1 is 1.03 bits per heavy atom. The minimum absolute atomic E-state index is 0.138. The first-order chi connectivity index (χ1) is 14.8. The van der Waals surface area contributed by atoms with E-state index in [1.165, 1.54) is 41.7 Å². The third kappa shape index (κ3) is 4.41. The second-order valence-electron chi connectivity index (χ2n) is 6.86. The number of nitrogens with zero attached hydrogens (tertiary/aromatic N) is 2. The van der Waals surface area contributed by atoms with Crippen LogP contribution in [-0.2, 0) is 6.42 Å². The van der Waals surface area contributed by atoms with Gasteiger partial charge in [-0.2, -0.15) is 0 Å². The summed E-state index contributed by atoms with van der Waals surface area (Å²) in [4.78, 5) is 33.1. The van der Waals surface area contributed by atoms with E-state index in [4.69, 9.17) is 5.73 Å². The summed E-state index contributed by atoms with van der Waals surface area (Å²) in [6.45, 7) is 1.76. The number of aryl methyl sites for hydroxylation is 1. The van der Waals surface area contributed by atoms with Gasteiger partial charge in [0.25, 0.3) is 11.8 Å². The van der Waals surface area contributed by atoms with Crippen LogP contribution in [0.4, 0.5) is 13.8 Å². The van der Waals surface area contributed by atoms with E-state index in [1.54, 1.807) is 19.1 Å². The van der Waals surface area contributed by atoms with Crippen molar-refractivity contribution in [3.63, 3.8) is 0 Å². The number of primary amides is 1. The SMILES string of the molecule is Cc1nc(Cc2ccc(F)cc2)sc1NC(=O)c1cc(C(N)=O)nc2cc(F)ccc12. The monoisotopic (exact) mass is 438 g/mol. The molecule has 0 aliphatic carbocycles. The number of anilines is 1. The van der Waals surface area contributed by atoms with Crippen LogP contribution in [-0.4, -0.2) is 21.8 Å². The van der Waals surface area contributed by atoms with E-state index in [0.717, 1.165) is 16.6 Å². The van der Waals surface area contributed by atoms with Crippen LogP contribution in [0.25, 0.3) is 10.9 Å². The second kappa shape index (κ2) is 8.19. The lowest BCUT2D eigenvalue weighted by molar-refractivity contribution is 0.0996. The van der Waals surface area contributed by atoms with Crippen molar-refractivity contribution in [2.75, 3.05) is 5.32 Å². The van der Waals surface area contributed by atoms with Gasteiger partial charge in [0, 0.05) is 17.9 Å². The minimum Gasteiger partial charge on any atom is -0.364 e. The Hall–Kier alpha value is -3.72. The van der Waals surface area contributed by atoms with Crippen molar-refractivity contribution in [3.8, 4) is 0 Å². The normalized spacial score (nSPS) is 10.9. The number of rotatable bonds is 5. The van der Waals surface area contributed by atoms with Gasteiger partial charge in [-0.25, -0.2) is 18.7 Å². The molecule has 2 heterocycles. The number of carbonyl (C=O) groups excluding carboxylic acids is 2. The zero-order chi connectivity index (χ0) is 22.1. The number of thiazole rings is 1. The molecular weight excluding hydrogens is 422 g/mol. The third-order valence-electron chi connectivity index (χ3n) is 4.61. The molecule has 0 aliphatic heterocycles. The molecule has 3 N–H and O–H groups in total. The summed E-state index contributed by atoms with van der Waals surface area (Å²) in [5, 5.41) is 4.47. The molecular formula is C22H16F2N4O2S. The number of hydrogen-bond donors (Lipinski definition) is 2. The summed E-state index contributed by atoms with van der Waals surface area (Å²) >= 11 is 1.30. The maximum absolute atomic E-state index is 13.6. The van der Waals surface area contributed by atoms with E-state index in [2.05, 4.69) is 15.3 Å². The molecule has 0 unspecified atom stereocenters. The van der Waals surface area contributed by atoms with Crippen molar-refractivity contribution in [1.82, 2.24) is 9.97 Å². The van der Waals surface area contributed by atoms with Crippen molar-refractivity contribution < 1.29 is 18.4 Å². The molecule has 0 saturated heterocycles. The molecule has 2 aromatic heterocycles. The summed E-state index contributed by atoms with van der Waals surface area (Å²) < 4.78 is 26.7. The van der Waals surface area contributed by atoms with Gasteiger partial charge in [0.2, 0.25) is 0 Å². The van der Waals surface area contributed by atoms with Crippen LogP contribution >= 0.6 is 11.3 Å². The van der Waals surface area contributed by atoms with Gasteiger partial charge in [0.15, 0.2) is 0 Å². The van der Waals surface area contributed by atoms with Gasteiger partial charge in [-0.3, -0.25) is 9.59 Å². The highest BCUT2D eigenvalue weighted by Crippen LogP contribution is 2.28. The predicted octanol–water partition coefficient (Wildman–Crippen LogP) is 4.22. The van der Waals surface area contributed by atoms with E-state index in [9.17, 15) is 18.4 Å². The van der Waals surface area contributed by atoms with E-state index in [0.29, 0.717) is 22.5 Å². The molecule has 9 heteroatoms. The molecule has 0 spiro atoms. The average molecular weight is 438 g/mol. The summed E-state index contributed by atoms with van der Waals surface area (Å²) in [6, 6.07) is 11.2. The van der Waals surface area contributed by atoms with Crippen LogP contribution in [0.5, 0.6) is 0 Å². The van der Waals surface area contributed by atoms with Crippen LogP contribution < -0.4 is 11.1 Å². The van der Waals surface area contributed by atoms with Crippen LogP contribution in [0.2, 0.25) is 0 Å². The quantitative estimate of drug-likeness (QED) is 0.487. The molecule has 4 aromatic rings. The second-order valence-corrected chi connectivity index (χ2v) is 7.94. The summed E-state index contributed by atoms with van der Waals surface area (Å²) in [5.41, 5.74) is 6.99. The smallest absolute Gasteiger partial charge is 0.267 e. The summed E-state index contributed by atoms with van der Waals surface area (Å²) in [5.74, 6) is -2.18. The van der Waals surface area contributed by atoms with Crippen molar-refractivity contribution in [3.05, 3.63) is 87.7 Å². The number of nitrogens with two attached hydrogens (primary N) is 1. The number of aromatic nitrogens is 2. The molecule has 31 heavy (non-hydrogen) atoms. The van der Waals surface area contributed by atoms with E-state index in [-0.39, 0.29) is 22.6 Å². The zero-order valence-electron chi connectivity index (χ0n) is 16.3. The number of fused-ring (bicyclic) bond motifs is 1. The number of hydrogen-bond acceptors (Lipinski definition) is 5. The Bertz CT molecular complexity index is 1320. The van der Waals surface area contributed by atoms with Crippen molar-refractivity contribution in [1.29, 1.82) is 0 Å². The molecule has 0 saturated carbocycles. The summed E-state index contributed by atoms with van der Waals surface area (Å²) in [7, 11) is 0. The fraction of sp³-hybridized carbons (Fsp3) is 0.0909. The van der Waals surface area contributed by atoms with Gasteiger partial charge in [-0.15, -0.1) is 11.3 Å². The number of pyridine rings is 1. The highest BCUT2D eigenvalue weighted by molar-refractivity contribution is 7.16. The van der Waals surface area contributed by atoms with Gasteiger partial charge in [-0.05, 0) is 42.8 Å². The standard InChI is InChI=1S/C22H16F2N4O2S/c1-11-22(31-19(26-11)8-12-2-4-13(23)5-3-12)28-21(30)16-10-18(20(25)29)27-17-9-14(24)6-7-15(16)17/h2-7,9-10H,8H2,1H3,(H2,25,29)(H,28,30). The Kier molecular flexibility index (Phi) is 5.43. The number of carbonyl (C=O) groups is 2. The van der Waals surface area contributed by atoms with E-state index in [1.807, 2.05) is 0 Å². The average Bonchev–Trinajstić information content (AvgIpc) is 3.07. The van der Waals surface area contributed by atoms with Gasteiger partial charge < -0.3 is 11.1 Å². The summed E-state index contributed by atoms with van der Waals surface area (Å²) in [6.07, 6.45) is 0.491. The fourth-order valence-corrected chi connectivity index (χ4v) is 4.10. The lowest BCUT2D eigenvalue weighted by atomic mass is 10.1. The lowest BCUT2D eigenvalue weighted by Crippen LogP contribution is -2.17. The van der Waals surface area contributed by atoms with Gasteiger partial charge in [0.05, 0.1) is 21.8 Å². The van der Waals surface area contributed by atoms with Crippen LogP contribution in [0.1, 0.15) is 37.1 Å². The first-order valence-corrected chi connectivity index (χ1v) is 10.0. The van der Waals surface area contributed by atoms with Gasteiger partial charge in [-0.1, -0.05) is 12.1 Å². The maximum Gasteiger partial charge on any atom is 0.267 e. The van der Waals surface area contributed by atoms with Crippen LogP contribution in [0, 0.1) is 18.6 Å². The third-order valence-corrected chi connectivity index (χ3v) is 5.68. The van der Waals surface area contributed by atoms with Crippen molar-refractivity contribution >= 4 is 39.1 Å². The largest absolute Gasteiger partial charge is 0.364 e. The number of amides is 2. The predicted molar refractivity (Wildman–Crippen MR) is 114 cm³/mol. The fourth-order valence-electron chi connectivity index (χ4n) is 3.11. The molecule has 0 radical (unpaired) electrons. The van der Waals surface area contributed by atoms with Crippen LogP contribution in [0.15, 0.2) is 48.5 Å². The number of nitrogens with one attached hydrogen (secondary N) is 1. The highest BCUT2D eigenvalue weighted by atomic mass is 32.1. The Balaban J connectivity index is 1.64. The highest BCUT2D eigenvalue weighted by Gasteiger charge is 2.18. The Morgan fingerprint density at radius 3 is 2.45 bits per heavy atom. The van der Waals surface area contributed by atoms with Gasteiger partial charge >= 0.3 is 0 Å². The van der Waals surface area contributed by atoms with Crippen molar-refractivity contribution in [2.45, 2.75) is 13.3 Å². The molecule has 6 nitrogen and oxygen atoms in total. The maximum atomic E-state index is 13.6. The molecule has 0 atom stereocenters. The molecule has 0 bridgehead atoms. The van der Waals surface area contributed by atoms with Crippen LogP contribution in [0.3, 0.4) is 0 Å². The molecule has 0 aliphatic rings. The number of benzene rings is 2. The first kappa shape index (κ1) is 20.5. The topological polar surface area (TPSA) is 98.0 Å².